The summed E-state index contributed by atoms with van der Waals surface area (Å²) < 4.78 is 18.6. The van der Waals surface area contributed by atoms with E-state index in [2.05, 4.69) is 0 Å². The molecule has 0 aliphatic carbocycles. The molecule has 32 heavy (non-hydrogen) atoms. The number of nitrogens with zero attached hydrogens (tertiary/aromatic N) is 2. The molecule has 2 aromatic carbocycles. The van der Waals surface area contributed by atoms with Crippen molar-refractivity contribution in [2.45, 2.75) is 13.2 Å². The van der Waals surface area contributed by atoms with Crippen molar-refractivity contribution in [2.75, 3.05) is 6.79 Å². The van der Waals surface area contributed by atoms with Crippen LogP contribution in [-0.2, 0) is 24.9 Å². The van der Waals surface area contributed by atoms with Gasteiger partial charge < -0.3 is 14.2 Å². The second kappa shape index (κ2) is 8.01. The van der Waals surface area contributed by atoms with Crippen LogP contribution in [0.3, 0.4) is 0 Å². The zero-order chi connectivity index (χ0) is 22.2. The fraction of sp³-hybridized carbons (Fsp3) is 0.174. The minimum absolute atomic E-state index is 0.0425. The average molecular weight is 450 g/mol. The quantitative estimate of drug-likeness (QED) is 0.435. The summed E-state index contributed by atoms with van der Waals surface area (Å²) in [6, 6.07) is 16.1. The van der Waals surface area contributed by atoms with Crippen molar-refractivity contribution in [3.8, 4) is 11.5 Å². The van der Waals surface area contributed by atoms with Crippen LogP contribution in [-0.4, -0.2) is 21.9 Å². The van der Waals surface area contributed by atoms with Crippen LogP contribution >= 0.6 is 11.3 Å². The first-order chi connectivity index (χ1) is 15.5. The topological polar surface area (TPSA) is 88.8 Å². The standard InChI is InChI=1S/C23H18N2O6S/c1-24-21-16(20(26)25(23(24)28)11-14-5-3-2-4-6-14)10-19(32-21)22(27)29-12-15-7-8-17-18(9-15)31-13-30-17/h2-10H,11-13H2,1H3. The summed E-state index contributed by atoms with van der Waals surface area (Å²) in [5.74, 6) is 0.692. The molecule has 8 nitrogen and oxygen atoms in total. The van der Waals surface area contributed by atoms with Crippen molar-refractivity contribution < 1.29 is 19.0 Å². The van der Waals surface area contributed by atoms with E-state index in [1.54, 1.807) is 25.2 Å². The summed E-state index contributed by atoms with van der Waals surface area (Å²) in [6.45, 7) is 0.365. The first kappa shape index (κ1) is 20.1. The van der Waals surface area contributed by atoms with Crippen LogP contribution in [0.4, 0.5) is 0 Å². The SMILES string of the molecule is Cn1c(=O)n(Cc2ccccc2)c(=O)c2cc(C(=O)OCc3ccc4c(c3)OCO4)sc21. The highest BCUT2D eigenvalue weighted by Gasteiger charge is 2.19. The molecular weight excluding hydrogens is 432 g/mol. The van der Waals surface area contributed by atoms with Gasteiger partial charge in [-0.15, -0.1) is 11.3 Å². The molecule has 5 rings (SSSR count). The Bertz CT molecular complexity index is 1450. The predicted molar refractivity (Wildman–Crippen MR) is 119 cm³/mol. The zero-order valence-electron chi connectivity index (χ0n) is 17.1. The number of carbonyl (C=O) groups is 1. The lowest BCUT2D eigenvalue weighted by atomic mass is 10.2. The molecule has 0 amide bonds. The van der Waals surface area contributed by atoms with Crippen LogP contribution in [0.1, 0.15) is 20.8 Å². The number of hydrogen-bond acceptors (Lipinski definition) is 7. The number of benzene rings is 2. The number of rotatable bonds is 5. The van der Waals surface area contributed by atoms with Gasteiger partial charge in [0.05, 0.1) is 11.9 Å². The molecule has 0 N–H and O–H groups in total. The third kappa shape index (κ3) is 3.56. The summed E-state index contributed by atoms with van der Waals surface area (Å²) in [6.07, 6.45) is 0. The Balaban J connectivity index is 1.42. The van der Waals surface area contributed by atoms with Gasteiger partial charge in [0.2, 0.25) is 6.79 Å². The Morgan fingerprint density at radius 2 is 1.81 bits per heavy atom. The summed E-state index contributed by atoms with van der Waals surface area (Å²) in [5, 5.41) is 0.308. The minimum Gasteiger partial charge on any atom is -0.457 e. The van der Waals surface area contributed by atoms with Crippen LogP contribution in [0.5, 0.6) is 11.5 Å². The summed E-state index contributed by atoms with van der Waals surface area (Å²) >= 11 is 1.06. The molecule has 0 saturated carbocycles. The van der Waals surface area contributed by atoms with Gasteiger partial charge in [0.15, 0.2) is 11.5 Å². The molecular formula is C23H18N2O6S. The maximum absolute atomic E-state index is 13.0. The van der Waals surface area contributed by atoms with Crippen LogP contribution in [0.15, 0.2) is 64.2 Å². The second-order valence-corrected chi connectivity index (χ2v) is 8.34. The molecule has 2 aromatic heterocycles. The maximum Gasteiger partial charge on any atom is 0.348 e. The highest BCUT2D eigenvalue weighted by Crippen LogP contribution is 2.32. The molecule has 0 radical (unpaired) electrons. The Hall–Kier alpha value is -3.85. The smallest absolute Gasteiger partial charge is 0.348 e. The number of aryl methyl sites for hydroxylation is 1. The Kier molecular flexibility index (Phi) is 5.02. The van der Waals surface area contributed by atoms with Gasteiger partial charge in [-0.3, -0.25) is 13.9 Å². The molecule has 3 heterocycles. The fourth-order valence-corrected chi connectivity index (χ4v) is 4.54. The van der Waals surface area contributed by atoms with Crippen molar-refractivity contribution in [3.63, 3.8) is 0 Å². The minimum atomic E-state index is -0.565. The van der Waals surface area contributed by atoms with E-state index >= 15 is 0 Å². The van der Waals surface area contributed by atoms with E-state index in [-0.39, 0.29) is 24.8 Å². The van der Waals surface area contributed by atoms with Gasteiger partial charge in [0.1, 0.15) is 16.3 Å². The number of esters is 1. The first-order valence-corrected chi connectivity index (χ1v) is 10.7. The second-order valence-electron chi connectivity index (χ2n) is 7.31. The van der Waals surface area contributed by atoms with Crippen molar-refractivity contribution in [2.24, 2.45) is 7.05 Å². The Morgan fingerprint density at radius 3 is 2.62 bits per heavy atom. The van der Waals surface area contributed by atoms with E-state index in [4.69, 9.17) is 14.2 Å². The number of fused-ring (bicyclic) bond motifs is 2. The van der Waals surface area contributed by atoms with Crippen molar-refractivity contribution in [1.82, 2.24) is 9.13 Å². The molecule has 1 aliphatic heterocycles. The summed E-state index contributed by atoms with van der Waals surface area (Å²) in [4.78, 5) is 39.1. The van der Waals surface area contributed by atoms with Crippen LogP contribution in [0.2, 0.25) is 0 Å². The van der Waals surface area contributed by atoms with E-state index in [0.717, 1.165) is 22.5 Å². The molecule has 1 aliphatic rings. The van der Waals surface area contributed by atoms with E-state index in [0.29, 0.717) is 21.7 Å². The summed E-state index contributed by atoms with van der Waals surface area (Å²) in [5.41, 5.74) is 0.720. The predicted octanol–water partition coefficient (Wildman–Crippen LogP) is 2.90. The highest BCUT2D eigenvalue weighted by molar-refractivity contribution is 7.20. The van der Waals surface area contributed by atoms with Gasteiger partial charge >= 0.3 is 11.7 Å². The fourth-order valence-electron chi connectivity index (χ4n) is 3.54. The van der Waals surface area contributed by atoms with Crippen LogP contribution in [0.25, 0.3) is 10.2 Å². The van der Waals surface area contributed by atoms with Crippen molar-refractivity contribution >= 4 is 27.5 Å². The van der Waals surface area contributed by atoms with Gasteiger partial charge in [0.25, 0.3) is 5.56 Å². The monoisotopic (exact) mass is 450 g/mol. The molecule has 4 aromatic rings. The largest absolute Gasteiger partial charge is 0.457 e. The Labute approximate surface area is 185 Å². The molecule has 9 heteroatoms. The Morgan fingerprint density at radius 1 is 1.03 bits per heavy atom. The average Bonchev–Trinajstić information content (AvgIpc) is 3.47. The van der Waals surface area contributed by atoms with E-state index in [1.165, 1.54) is 15.2 Å². The molecule has 0 saturated heterocycles. The lowest BCUT2D eigenvalue weighted by Gasteiger charge is -2.08. The van der Waals surface area contributed by atoms with Gasteiger partial charge in [-0.25, -0.2) is 9.59 Å². The highest BCUT2D eigenvalue weighted by atomic mass is 32.1. The molecule has 0 spiro atoms. The molecule has 162 valence electrons. The van der Waals surface area contributed by atoms with Gasteiger partial charge in [0, 0.05) is 7.05 Å². The molecule has 0 unspecified atom stereocenters. The third-order valence-corrected chi connectivity index (χ3v) is 6.39. The lowest BCUT2D eigenvalue weighted by Crippen LogP contribution is -2.38. The van der Waals surface area contributed by atoms with Crippen molar-refractivity contribution in [1.29, 1.82) is 0 Å². The van der Waals surface area contributed by atoms with E-state index in [1.807, 2.05) is 30.3 Å². The van der Waals surface area contributed by atoms with E-state index in [9.17, 15) is 14.4 Å². The van der Waals surface area contributed by atoms with Crippen LogP contribution < -0.4 is 20.7 Å². The van der Waals surface area contributed by atoms with E-state index < -0.39 is 17.2 Å². The first-order valence-electron chi connectivity index (χ1n) is 9.84. The van der Waals surface area contributed by atoms with Gasteiger partial charge in [-0.05, 0) is 29.3 Å². The molecule has 0 fully saturated rings. The zero-order valence-corrected chi connectivity index (χ0v) is 17.9. The van der Waals surface area contributed by atoms with Gasteiger partial charge in [-0.2, -0.15) is 0 Å². The van der Waals surface area contributed by atoms with Crippen LogP contribution in [0, 0.1) is 0 Å². The maximum atomic E-state index is 13.0. The van der Waals surface area contributed by atoms with Gasteiger partial charge in [-0.1, -0.05) is 36.4 Å². The van der Waals surface area contributed by atoms with Crippen molar-refractivity contribution in [3.05, 3.63) is 91.4 Å². The lowest BCUT2D eigenvalue weighted by molar-refractivity contribution is 0.0478. The molecule has 0 bridgehead atoms. The third-order valence-electron chi connectivity index (χ3n) is 5.20. The molecule has 0 atom stereocenters. The number of hydrogen-bond donors (Lipinski definition) is 0. The normalized spacial score (nSPS) is 12.3. The number of thiophene rings is 1. The number of aromatic nitrogens is 2. The number of ether oxygens (including phenoxy) is 3. The number of carbonyl (C=O) groups excluding carboxylic acids is 1. The summed E-state index contributed by atoms with van der Waals surface area (Å²) in [7, 11) is 1.59.